The van der Waals surface area contributed by atoms with E-state index < -0.39 is 18.2 Å². The summed E-state index contributed by atoms with van der Waals surface area (Å²) in [6.45, 7) is 0.562. The monoisotopic (exact) mass is 560 g/mol. The van der Waals surface area contributed by atoms with Crippen LogP contribution in [0.1, 0.15) is 16.7 Å². The Morgan fingerprint density at radius 2 is 1.65 bits per heavy atom. The molecule has 5 rings (SSSR count). The van der Waals surface area contributed by atoms with Crippen molar-refractivity contribution >= 4 is 40.0 Å². The topological polar surface area (TPSA) is 101 Å². The molecule has 9 nitrogen and oxygen atoms in total. The number of phenols is 1. The van der Waals surface area contributed by atoms with Gasteiger partial charge in [0, 0.05) is 23.6 Å². The first kappa shape index (κ1) is 24.5. The standard InChI is InChI=1S/C27H25BrN6O3/c1-32-24-23(25(36)34(27(32)37)17-19-10-6-3-7-11-19)33(16-18-8-4-2-5-9-18)26(30-24)31-29-15-20-14-21(28)12-13-22(20)35/h2-15,23-24,35H,16-17H2,1H3,(H,30,31)/b29-15+. The molecular formula is C27H25BrN6O3. The molecule has 2 N–H and O–H groups in total. The van der Waals surface area contributed by atoms with Crippen molar-refractivity contribution in [3.63, 3.8) is 0 Å². The van der Waals surface area contributed by atoms with Crippen LogP contribution in [0.15, 0.2) is 93.4 Å². The number of carbonyl (C=O) groups is 2. The zero-order valence-electron chi connectivity index (χ0n) is 20.0. The quantitative estimate of drug-likeness (QED) is 0.353. The van der Waals surface area contributed by atoms with E-state index in [1.807, 2.05) is 65.6 Å². The molecule has 0 aromatic heterocycles. The van der Waals surface area contributed by atoms with Crippen molar-refractivity contribution in [1.82, 2.24) is 20.1 Å². The largest absolute Gasteiger partial charge is 0.507 e. The molecule has 3 amide bonds. The molecule has 2 heterocycles. The van der Waals surface area contributed by atoms with Crippen molar-refractivity contribution < 1.29 is 14.7 Å². The van der Waals surface area contributed by atoms with Crippen LogP contribution in [0, 0.1) is 0 Å². The van der Waals surface area contributed by atoms with Gasteiger partial charge in [0.25, 0.3) is 5.91 Å². The number of hydrogen-bond donors (Lipinski definition) is 2. The lowest BCUT2D eigenvalue weighted by Crippen LogP contribution is -2.64. The van der Waals surface area contributed by atoms with Gasteiger partial charge in [-0.05, 0) is 29.3 Å². The number of nitrogens with one attached hydrogen (secondary N) is 1. The van der Waals surface area contributed by atoms with Gasteiger partial charge in [0.05, 0.1) is 12.8 Å². The summed E-state index contributed by atoms with van der Waals surface area (Å²) < 4.78 is 0.797. The van der Waals surface area contributed by atoms with Gasteiger partial charge in [0.1, 0.15) is 5.75 Å². The Balaban J connectivity index is 1.44. The molecule has 2 atom stereocenters. The minimum atomic E-state index is -0.719. The van der Waals surface area contributed by atoms with Gasteiger partial charge in [-0.2, -0.15) is 5.10 Å². The van der Waals surface area contributed by atoms with Crippen molar-refractivity contribution in [2.24, 2.45) is 10.1 Å². The normalized spacial score (nSPS) is 19.4. The van der Waals surface area contributed by atoms with E-state index in [2.05, 4.69) is 31.4 Å². The van der Waals surface area contributed by atoms with E-state index >= 15 is 0 Å². The Morgan fingerprint density at radius 1 is 1.00 bits per heavy atom. The number of aliphatic imine (C=N–C) groups is 1. The molecule has 3 aromatic carbocycles. The van der Waals surface area contributed by atoms with E-state index in [0.29, 0.717) is 18.1 Å². The summed E-state index contributed by atoms with van der Waals surface area (Å²) in [6.07, 6.45) is 0.775. The molecular weight excluding hydrogens is 536 g/mol. The average molecular weight is 561 g/mol. The van der Waals surface area contributed by atoms with Crippen LogP contribution in [-0.2, 0) is 17.9 Å². The molecule has 1 saturated heterocycles. The maximum atomic E-state index is 13.7. The third kappa shape index (κ3) is 5.05. The third-order valence-electron chi connectivity index (χ3n) is 6.33. The molecule has 1 fully saturated rings. The van der Waals surface area contributed by atoms with Gasteiger partial charge in [-0.1, -0.05) is 76.6 Å². The fourth-order valence-electron chi connectivity index (χ4n) is 4.43. The van der Waals surface area contributed by atoms with E-state index in [9.17, 15) is 14.7 Å². The van der Waals surface area contributed by atoms with Crippen LogP contribution in [0.2, 0.25) is 0 Å². The number of aromatic hydroxyl groups is 1. The van der Waals surface area contributed by atoms with Crippen molar-refractivity contribution in [3.05, 3.63) is 100 Å². The molecule has 3 aromatic rings. The Hall–Kier alpha value is -4.18. The number of urea groups is 1. The van der Waals surface area contributed by atoms with E-state index in [-0.39, 0.29) is 18.2 Å². The molecule has 188 valence electrons. The Morgan fingerprint density at radius 3 is 2.32 bits per heavy atom. The van der Waals surface area contributed by atoms with Gasteiger partial charge in [-0.15, -0.1) is 0 Å². The van der Waals surface area contributed by atoms with Gasteiger partial charge in [0.15, 0.2) is 12.2 Å². The molecule has 0 radical (unpaired) electrons. The smallest absolute Gasteiger partial charge is 0.328 e. The van der Waals surface area contributed by atoms with Crippen molar-refractivity contribution in [2.75, 3.05) is 7.05 Å². The fourth-order valence-corrected chi connectivity index (χ4v) is 4.80. The first-order valence-corrected chi connectivity index (χ1v) is 12.5. The SMILES string of the molecule is CN1C(=O)N(Cc2ccccc2)C(=O)C2C1N=C(N/N=C/c1cc(Br)ccc1O)N2Cc1ccccc1. The van der Waals surface area contributed by atoms with Crippen molar-refractivity contribution in [3.8, 4) is 5.75 Å². The summed E-state index contributed by atoms with van der Waals surface area (Å²) in [5.41, 5.74) is 5.28. The fraction of sp³-hybridized carbons (Fsp3) is 0.185. The molecule has 0 saturated carbocycles. The van der Waals surface area contributed by atoms with E-state index in [1.165, 1.54) is 16.0 Å². The average Bonchev–Trinajstić information content (AvgIpc) is 3.26. The summed E-state index contributed by atoms with van der Waals surface area (Å²) in [5.74, 6) is 0.121. The van der Waals surface area contributed by atoms with Crippen LogP contribution in [0.25, 0.3) is 0 Å². The number of phenolic OH excluding ortho intramolecular Hbond substituents is 1. The highest BCUT2D eigenvalue weighted by Crippen LogP contribution is 2.29. The first-order chi connectivity index (χ1) is 17.9. The van der Waals surface area contributed by atoms with Gasteiger partial charge < -0.3 is 14.9 Å². The number of guanidine groups is 1. The second kappa shape index (κ2) is 10.4. The van der Waals surface area contributed by atoms with E-state index in [1.54, 1.807) is 25.2 Å². The van der Waals surface area contributed by atoms with Gasteiger partial charge in [-0.3, -0.25) is 9.69 Å². The summed E-state index contributed by atoms with van der Waals surface area (Å²) in [5, 5.41) is 14.4. The Bertz CT molecular complexity index is 1370. The zero-order chi connectivity index (χ0) is 25.9. The lowest BCUT2D eigenvalue weighted by molar-refractivity contribution is -0.138. The number of carbonyl (C=O) groups excluding carboxylic acids is 2. The number of amides is 3. The highest BCUT2D eigenvalue weighted by molar-refractivity contribution is 9.10. The zero-order valence-corrected chi connectivity index (χ0v) is 21.6. The molecule has 2 aliphatic rings. The molecule has 0 aliphatic carbocycles. The summed E-state index contributed by atoms with van der Waals surface area (Å²) >= 11 is 3.39. The minimum absolute atomic E-state index is 0.0778. The molecule has 0 spiro atoms. The number of imide groups is 1. The van der Waals surface area contributed by atoms with Gasteiger partial charge in [-0.25, -0.2) is 15.2 Å². The van der Waals surface area contributed by atoms with Crippen LogP contribution in [-0.4, -0.2) is 63.2 Å². The van der Waals surface area contributed by atoms with Crippen LogP contribution < -0.4 is 5.43 Å². The maximum Gasteiger partial charge on any atom is 0.328 e. The first-order valence-electron chi connectivity index (χ1n) is 11.7. The number of halogens is 1. The molecule has 2 unspecified atom stereocenters. The maximum absolute atomic E-state index is 13.7. The van der Waals surface area contributed by atoms with Gasteiger partial charge in [0.2, 0.25) is 5.96 Å². The van der Waals surface area contributed by atoms with Crippen LogP contribution in [0.5, 0.6) is 5.75 Å². The predicted octanol–water partition coefficient (Wildman–Crippen LogP) is 3.74. The number of benzene rings is 3. The second-order valence-electron chi connectivity index (χ2n) is 8.80. The number of hydrogen-bond acceptors (Lipinski definition) is 7. The molecule has 0 bridgehead atoms. The highest BCUT2D eigenvalue weighted by Gasteiger charge is 2.52. The second-order valence-corrected chi connectivity index (χ2v) is 9.72. The third-order valence-corrected chi connectivity index (χ3v) is 6.82. The van der Waals surface area contributed by atoms with Crippen molar-refractivity contribution in [1.29, 1.82) is 0 Å². The van der Waals surface area contributed by atoms with Crippen LogP contribution >= 0.6 is 15.9 Å². The number of rotatable bonds is 6. The molecule has 10 heteroatoms. The van der Waals surface area contributed by atoms with Gasteiger partial charge >= 0.3 is 6.03 Å². The van der Waals surface area contributed by atoms with Crippen LogP contribution in [0.4, 0.5) is 4.79 Å². The molecule has 2 aliphatic heterocycles. The Kier molecular flexibility index (Phi) is 6.91. The highest BCUT2D eigenvalue weighted by atomic mass is 79.9. The Labute approximate surface area is 222 Å². The summed E-state index contributed by atoms with van der Waals surface area (Å²) in [7, 11) is 1.65. The number of likely N-dealkylation sites (N-methyl/N-ethyl adjacent to an activating group) is 1. The predicted molar refractivity (Wildman–Crippen MR) is 144 cm³/mol. The minimum Gasteiger partial charge on any atom is -0.507 e. The van der Waals surface area contributed by atoms with Crippen LogP contribution in [0.3, 0.4) is 0 Å². The van der Waals surface area contributed by atoms with Crippen molar-refractivity contribution in [2.45, 2.75) is 25.3 Å². The van der Waals surface area contributed by atoms with E-state index in [4.69, 9.17) is 0 Å². The number of hydrazone groups is 1. The van der Waals surface area contributed by atoms with E-state index in [0.717, 1.165) is 15.6 Å². The lowest BCUT2D eigenvalue weighted by Gasteiger charge is -2.41. The summed E-state index contributed by atoms with van der Waals surface area (Å²) in [4.78, 5) is 36.2. The summed E-state index contributed by atoms with van der Waals surface area (Å²) in [6, 6.07) is 23.1. The number of fused-ring (bicyclic) bond motifs is 1. The molecule has 37 heavy (non-hydrogen) atoms. The lowest BCUT2D eigenvalue weighted by atomic mass is 10.1. The number of nitrogens with zero attached hydrogens (tertiary/aromatic N) is 5.